The molecule has 0 saturated heterocycles. The van der Waals surface area contributed by atoms with Crippen LogP contribution in [0.5, 0.6) is 0 Å². The van der Waals surface area contributed by atoms with Crippen LogP contribution in [0, 0.1) is 5.92 Å². The highest BCUT2D eigenvalue weighted by Gasteiger charge is 2.25. The highest BCUT2D eigenvalue weighted by molar-refractivity contribution is 7.80. The van der Waals surface area contributed by atoms with Gasteiger partial charge in [0, 0.05) is 13.0 Å². The molecular formula is C7H15BN2OS. The van der Waals surface area contributed by atoms with Gasteiger partial charge in [-0.2, -0.15) is 0 Å². The monoisotopic (exact) mass is 186 g/mol. The van der Waals surface area contributed by atoms with Crippen molar-refractivity contribution in [1.29, 1.82) is 0 Å². The molecule has 1 aliphatic carbocycles. The standard InChI is InChI=1S/C7H15BN2OS/c1-11-8-10-6-3-2-5(4-6)7(9)12/h5-6,8,10H,2-4H2,1H3,(H2,9,12). The molecule has 2 unspecified atom stereocenters. The quantitative estimate of drug-likeness (QED) is 0.477. The van der Waals surface area contributed by atoms with Crippen molar-refractivity contribution >= 4 is 24.8 Å². The molecule has 68 valence electrons. The van der Waals surface area contributed by atoms with Gasteiger partial charge in [-0.3, -0.25) is 0 Å². The van der Waals surface area contributed by atoms with Crippen molar-refractivity contribution < 1.29 is 4.65 Å². The molecule has 1 saturated carbocycles. The minimum Gasteiger partial charge on any atom is -0.427 e. The van der Waals surface area contributed by atoms with Crippen LogP contribution in [-0.2, 0) is 4.65 Å². The smallest absolute Gasteiger partial charge is 0.360 e. The summed E-state index contributed by atoms with van der Waals surface area (Å²) in [5.41, 5.74) is 5.56. The zero-order chi connectivity index (χ0) is 8.97. The van der Waals surface area contributed by atoms with Crippen molar-refractivity contribution in [2.45, 2.75) is 25.3 Å². The van der Waals surface area contributed by atoms with Gasteiger partial charge in [-0.25, -0.2) is 0 Å². The first-order valence-corrected chi connectivity index (χ1v) is 4.66. The summed E-state index contributed by atoms with van der Waals surface area (Å²) in [5.74, 6) is 0.439. The number of hydrogen-bond donors (Lipinski definition) is 2. The van der Waals surface area contributed by atoms with Crippen LogP contribution in [-0.4, -0.2) is 25.8 Å². The van der Waals surface area contributed by atoms with Gasteiger partial charge >= 0.3 is 7.62 Å². The van der Waals surface area contributed by atoms with Crippen molar-refractivity contribution in [1.82, 2.24) is 5.23 Å². The Balaban J connectivity index is 2.21. The molecule has 0 aliphatic heterocycles. The second-order valence-corrected chi connectivity index (χ2v) is 3.72. The molecule has 0 radical (unpaired) electrons. The zero-order valence-corrected chi connectivity index (χ0v) is 8.19. The highest BCUT2D eigenvalue weighted by Crippen LogP contribution is 2.25. The lowest BCUT2D eigenvalue weighted by Gasteiger charge is -2.10. The van der Waals surface area contributed by atoms with E-state index in [1.54, 1.807) is 7.11 Å². The third-order valence-corrected chi connectivity index (χ3v) is 2.68. The van der Waals surface area contributed by atoms with Crippen LogP contribution in [0.25, 0.3) is 0 Å². The molecule has 1 rings (SSSR count). The molecule has 1 fully saturated rings. The third-order valence-electron chi connectivity index (χ3n) is 2.35. The summed E-state index contributed by atoms with van der Waals surface area (Å²) >= 11 is 4.94. The van der Waals surface area contributed by atoms with Crippen molar-refractivity contribution in [2.24, 2.45) is 11.7 Å². The maximum Gasteiger partial charge on any atom is 0.360 e. The fourth-order valence-electron chi connectivity index (χ4n) is 1.63. The van der Waals surface area contributed by atoms with Crippen LogP contribution < -0.4 is 11.0 Å². The molecular weight excluding hydrogens is 171 g/mol. The first kappa shape index (κ1) is 9.96. The van der Waals surface area contributed by atoms with Crippen LogP contribution in [0.2, 0.25) is 0 Å². The Labute approximate surface area is 79.3 Å². The molecule has 0 aromatic rings. The van der Waals surface area contributed by atoms with E-state index in [4.69, 9.17) is 22.6 Å². The average Bonchev–Trinajstić information content (AvgIpc) is 2.48. The van der Waals surface area contributed by atoms with Crippen LogP contribution in [0.4, 0.5) is 0 Å². The van der Waals surface area contributed by atoms with E-state index in [2.05, 4.69) is 5.23 Å². The van der Waals surface area contributed by atoms with E-state index in [9.17, 15) is 0 Å². The Morgan fingerprint density at radius 2 is 2.42 bits per heavy atom. The van der Waals surface area contributed by atoms with E-state index < -0.39 is 0 Å². The molecule has 3 N–H and O–H groups in total. The zero-order valence-electron chi connectivity index (χ0n) is 7.38. The molecule has 0 heterocycles. The average molecular weight is 186 g/mol. The van der Waals surface area contributed by atoms with Gasteiger partial charge < -0.3 is 15.6 Å². The molecule has 0 amide bonds. The normalized spacial score (nSPS) is 28.8. The van der Waals surface area contributed by atoms with Crippen molar-refractivity contribution in [3.05, 3.63) is 0 Å². The summed E-state index contributed by atoms with van der Waals surface area (Å²) in [6, 6.07) is 0.538. The van der Waals surface area contributed by atoms with E-state index in [1.807, 2.05) is 0 Å². The lowest BCUT2D eigenvalue weighted by Crippen LogP contribution is -2.32. The van der Waals surface area contributed by atoms with Crippen molar-refractivity contribution in [2.75, 3.05) is 7.11 Å². The molecule has 5 heteroatoms. The topological polar surface area (TPSA) is 47.3 Å². The Morgan fingerprint density at radius 1 is 1.67 bits per heavy atom. The minimum atomic E-state index is 0.439. The number of thiocarbonyl (C=S) groups is 1. The first-order chi connectivity index (χ1) is 5.74. The fraction of sp³-hybridized carbons (Fsp3) is 0.857. The Morgan fingerprint density at radius 3 is 2.92 bits per heavy atom. The van der Waals surface area contributed by atoms with E-state index in [1.165, 1.54) is 0 Å². The molecule has 0 aromatic heterocycles. The molecule has 0 aromatic carbocycles. The van der Waals surface area contributed by atoms with Gasteiger partial charge in [0.25, 0.3) is 0 Å². The van der Waals surface area contributed by atoms with Gasteiger partial charge in [-0.1, -0.05) is 12.2 Å². The summed E-state index contributed by atoms with van der Waals surface area (Å²) in [4.78, 5) is 0.664. The number of nitrogens with two attached hydrogens (primary N) is 1. The fourth-order valence-corrected chi connectivity index (χ4v) is 1.84. The van der Waals surface area contributed by atoms with Gasteiger partial charge in [-0.05, 0) is 25.3 Å². The van der Waals surface area contributed by atoms with E-state index >= 15 is 0 Å². The largest absolute Gasteiger partial charge is 0.427 e. The summed E-state index contributed by atoms with van der Waals surface area (Å²) in [5, 5.41) is 3.28. The van der Waals surface area contributed by atoms with Gasteiger partial charge in [0.1, 0.15) is 0 Å². The Kier molecular flexibility index (Phi) is 3.98. The Hall–Kier alpha value is -0.125. The summed E-state index contributed by atoms with van der Waals surface area (Å²) in [7, 11) is 2.31. The van der Waals surface area contributed by atoms with E-state index in [0.717, 1.165) is 19.3 Å². The number of rotatable bonds is 4. The van der Waals surface area contributed by atoms with Crippen LogP contribution in [0.15, 0.2) is 0 Å². The maximum absolute atomic E-state index is 5.56. The van der Waals surface area contributed by atoms with Gasteiger partial charge in [0.05, 0.1) is 4.99 Å². The van der Waals surface area contributed by atoms with Gasteiger partial charge in [-0.15, -0.1) is 0 Å². The molecule has 0 spiro atoms. The number of nitrogens with one attached hydrogen (secondary N) is 1. The molecule has 1 aliphatic rings. The van der Waals surface area contributed by atoms with Crippen LogP contribution in [0.3, 0.4) is 0 Å². The predicted octanol–water partition coefficient (Wildman–Crippen LogP) is -0.0563. The SMILES string of the molecule is COBNC1CCC(C(N)=S)C1. The summed E-state index contributed by atoms with van der Waals surface area (Å²) < 4.78 is 4.92. The number of hydrogen-bond acceptors (Lipinski definition) is 3. The highest BCUT2D eigenvalue weighted by atomic mass is 32.1. The van der Waals surface area contributed by atoms with Crippen LogP contribution >= 0.6 is 12.2 Å². The lowest BCUT2D eigenvalue weighted by molar-refractivity contribution is 0.420. The van der Waals surface area contributed by atoms with E-state index in [0.29, 0.717) is 24.6 Å². The third kappa shape index (κ3) is 2.73. The maximum atomic E-state index is 5.56. The summed E-state index contributed by atoms with van der Waals surface area (Å²) in [6.07, 6.45) is 3.35. The Bertz CT molecular complexity index is 167. The first-order valence-electron chi connectivity index (χ1n) is 4.25. The lowest BCUT2D eigenvalue weighted by atomic mass is 10.1. The van der Waals surface area contributed by atoms with Crippen LogP contribution in [0.1, 0.15) is 19.3 Å². The van der Waals surface area contributed by atoms with Crippen molar-refractivity contribution in [3.63, 3.8) is 0 Å². The predicted molar refractivity (Wildman–Crippen MR) is 55.2 cm³/mol. The van der Waals surface area contributed by atoms with E-state index in [-0.39, 0.29) is 0 Å². The molecule has 3 nitrogen and oxygen atoms in total. The summed E-state index contributed by atoms with van der Waals surface area (Å²) in [6.45, 7) is 0. The molecule has 0 bridgehead atoms. The van der Waals surface area contributed by atoms with Crippen molar-refractivity contribution in [3.8, 4) is 0 Å². The minimum absolute atomic E-state index is 0.439. The van der Waals surface area contributed by atoms with Gasteiger partial charge in [0.2, 0.25) is 0 Å². The molecule has 2 atom stereocenters. The second-order valence-electron chi connectivity index (χ2n) is 3.25. The second kappa shape index (κ2) is 4.79. The molecule has 12 heavy (non-hydrogen) atoms. The van der Waals surface area contributed by atoms with Gasteiger partial charge in [0.15, 0.2) is 0 Å².